The first-order valence-electron chi connectivity index (χ1n) is 10.3. The van der Waals surface area contributed by atoms with Crippen molar-refractivity contribution < 1.29 is 13.5 Å². The Hall–Kier alpha value is -1.50. The maximum Gasteiger partial charge on any atom is 0.354 e. The lowest BCUT2D eigenvalue weighted by Crippen LogP contribution is -2.51. The normalized spacial score (nSPS) is 20.7. The van der Waals surface area contributed by atoms with E-state index in [1.165, 1.54) is 4.57 Å². The number of nitrogens with two attached hydrogens (primary N) is 1. The number of nitrogens with zero attached hydrogens (tertiary/aromatic N) is 3. The lowest BCUT2D eigenvalue weighted by atomic mass is 9.92. The highest BCUT2D eigenvalue weighted by Crippen LogP contribution is 2.41. The van der Waals surface area contributed by atoms with Crippen LogP contribution in [0.1, 0.15) is 58.1 Å². The molecule has 2 unspecified atom stereocenters. The van der Waals surface area contributed by atoms with Crippen LogP contribution >= 0.6 is 22.6 Å². The van der Waals surface area contributed by atoms with Gasteiger partial charge in [0, 0.05) is 18.8 Å². The van der Waals surface area contributed by atoms with Gasteiger partial charge in [0.25, 0.3) is 0 Å². The minimum atomic E-state index is -3.61. The molecular weight excluding hydrogens is 531 g/mol. The molecule has 0 saturated carbocycles. The molecule has 3 N–H and O–H groups in total. The van der Waals surface area contributed by atoms with Gasteiger partial charge in [0.1, 0.15) is 5.82 Å². The Balaban J connectivity index is 2.02. The van der Waals surface area contributed by atoms with E-state index in [-0.39, 0.29) is 24.5 Å². The van der Waals surface area contributed by atoms with E-state index in [4.69, 9.17) is 5.73 Å². The van der Waals surface area contributed by atoms with Gasteiger partial charge in [-0.2, -0.15) is 9.29 Å². The third-order valence-electron chi connectivity index (χ3n) is 5.66. The summed E-state index contributed by atoms with van der Waals surface area (Å²) in [6.45, 7) is 5.05. The van der Waals surface area contributed by atoms with Crippen LogP contribution in [0.25, 0.3) is 5.69 Å². The fourth-order valence-corrected chi connectivity index (χ4v) is 6.15. The molecule has 2 atom stereocenters. The summed E-state index contributed by atoms with van der Waals surface area (Å²) in [4.78, 5) is 16.1. The van der Waals surface area contributed by atoms with Crippen LogP contribution in [0.15, 0.2) is 35.3 Å². The molecule has 0 radical (unpaired) electrons. The number of aliphatic hydroxyl groups is 1. The third kappa shape index (κ3) is 4.81. The van der Waals surface area contributed by atoms with E-state index in [9.17, 15) is 18.3 Å². The van der Waals surface area contributed by atoms with Gasteiger partial charge in [0.2, 0.25) is 10.0 Å². The first-order chi connectivity index (χ1) is 14.5. The van der Waals surface area contributed by atoms with Crippen LogP contribution in [0, 0.1) is 3.57 Å². The Labute approximate surface area is 196 Å². The van der Waals surface area contributed by atoms with Gasteiger partial charge in [-0.15, -0.1) is 0 Å². The highest BCUT2D eigenvalue weighted by molar-refractivity contribution is 14.1. The largest absolute Gasteiger partial charge is 0.396 e. The molecule has 3 rings (SSSR count). The number of hydrogen-bond acceptors (Lipinski definition) is 6. The SMILES string of the molecule is CC(C)(C)S(=O)(=O)N1C(CCO)CCCC1c1ccc(-n2cc(I)c(N)nc2=O)cc1. The van der Waals surface area contributed by atoms with Gasteiger partial charge in [-0.3, -0.25) is 4.57 Å². The molecule has 2 heterocycles. The standard InChI is InChI=1S/C21H29IN4O4S/c1-21(2,3)31(29,30)26-16(11-12-27)5-4-6-18(26)14-7-9-15(10-8-14)25-13-17(22)19(23)24-20(25)28/h7-10,13,16,18,27H,4-6,11-12H2,1-3H3,(H2,23,24,28). The molecule has 31 heavy (non-hydrogen) atoms. The zero-order valence-electron chi connectivity index (χ0n) is 18.0. The second-order valence-electron chi connectivity index (χ2n) is 8.78. The molecule has 1 aromatic heterocycles. The van der Waals surface area contributed by atoms with Gasteiger partial charge in [-0.25, -0.2) is 13.2 Å². The van der Waals surface area contributed by atoms with Crippen LogP contribution in [0.5, 0.6) is 0 Å². The quantitative estimate of drug-likeness (QED) is 0.544. The number of halogens is 1. The van der Waals surface area contributed by atoms with E-state index in [2.05, 4.69) is 4.98 Å². The maximum absolute atomic E-state index is 13.5. The lowest BCUT2D eigenvalue weighted by Gasteiger charge is -2.44. The third-order valence-corrected chi connectivity index (χ3v) is 9.15. The van der Waals surface area contributed by atoms with Gasteiger partial charge >= 0.3 is 5.69 Å². The van der Waals surface area contributed by atoms with Gasteiger partial charge in [0.15, 0.2) is 0 Å². The Kier molecular flexibility index (Phi) is 7.14. The van der Waals surface area contributed by atoms with E-state index < -0.39 is 20.5 Å². The zero-order valence-corrected chi connectivity index (χ0v) is 20.9. The highest BCUT2D eigenvalue weighted by Gasteiger charge is 2.44. The van der Waals surface area contributed by atoms with Crippen molar-refractivity contribution >= 4 is 38.4 Å². The predicted molar refractivity (Wildman–Crippen MR) is 130 cm³/mol. The summed E-state index contributed by atoms with van der Waals surface area (Å²) in [6.07, 6.45) is 4.36. The van der Waals surface area contributed by atoms with E-state index in [0.717, 1.165) is 18.4 Å². The lowest BCUT2D eigenvalue weighted by molar-refractivity contribution is 0.144. The van der Waals surface area contributed by atoms with Crippen LogP contribution in [0.4, 0.5) is 5.82 Å². The number of aromatic nitrogens is 2. The van der Waals surface area contributed by atoms with Crippen molar-refractivity contribution in [2.45, 2.75) is 63.3 Å². The molecule has 10 heteroatoms. The van der Waals surface area contributed by atoms with Crippen LogP contribution in [0.3, 0.4) is 0 Å². The molecule has 0 amide bonds. The van der Waals surface area contributed by atoms with Crippen molar-refractivity contribution in [1.82, 2.24) is 13.9 Å². The summed E-state index contributed by atoms with van der Waals surface area (Å²) in [6, 6.07) is 6.76. The fourth-order valence-electron chi connectivity index (χ4n) is 3.96. The van der Waals surface area contributed by atoms with Gasteiger partial charge in [-0.05, 0) is 86.7 Å². The zero-order chi connectivity index (χ0) is 23.0. The first-order valence-corrected chi connectivity index (χ1v) is 12.8. The van der Waals surface area contributed by atoms with Crippen molar-refractivity contribution in [3.8, 4) is 5.69 Å². The molecule has 1 aliphatic rings. The fraction of sp³-hybridized carbons (Fsp3) is 0.524. The smallest absolute Gasteiger partial charge is 0.354 e. The van der Waals surface area contributed by atoms with Crippen molar-refractivity contribution in [3.05, 3.63) is 50.1 Å². The van der Waals surface area contributed by atoms with Crippen molar-refractivity contribution in [2.75, 3.05) is 12.3 Å². The molecular formula is C21H29IN4O4S. The number of anilines is 1. The molecule has 0 bridgehead atoms. The van der Waals surface area contributed by atoms with Gasteiger partial charge in [-0.1, -0.05) is 12.1 Å². The number of hydrogen-bond donors (Lipinski definition) is 2. The van der Waals surface area contributed by atoms with Gasteiger partial charge < -0.3 is 10.8 Å². The second kappa shape index (κ2) is 9.16. The van der Waals surface area contributed by atoms with Crippen LogP contribution in [-0.2, 0) is 10.0 Å². The predicted octanol–water partition coefficient (Wildman–Crippen LogP) is 2.83. The minimum Gasteiger partial charge on any atom is -0.396 e. The molecule has 170 valence electrons. The van der Waals surface area contributed by atoms with E-state index in [1.54, 1.807) is 43.4 Å². The second-order valence-corrected chi connectivity index (χ2v) is 12.5. The van der Waals surface area contributed by atoms with E-state index in [0.29, 0.717) is 22.1 Å². The molecule has 0 spiro atoms. The summed E-state index contributed by atoms with van der Waals surface area (Å²) in [7, 11) is -3.61. The Bertz CT molecular complexity index is 1090. The topological polar surface area (TPSA) is 119 Å². The number of rotatable bonds is 5. The van der Waals surface area contributed by atoms with Crippen molar-refractivity contribution in [2.24, 2.45) is 0 Å². The van der Waals surface area contributed by atoms with Crippen molar-refractivity contribution in [1.29, 1.82) is 0 Å². The molecule has 1 aliphatic heterocycles. The molecule has 0 aliphatic carbocycles. The Morgan fingerprint density at radius 3 is 2.45 bits per heavy atom. The Morgan fingerprint density at radius 2 is 1.87 bits per heavy atom. The summed E-state index contributed by atoms with van der Waals surface area (Å²) in [5.41, 5.74) is 6.73. The number of nitrogen functional groups attached to an aromatic ring is 1. The molecule has 2 aromatic rings. The van der Waals surface area contributed by atoms with Crippen LogP contribution in [0.2, 0.25) is 0 Å². The van der Waals surface area contributed by atoms with Crippen LogP contribution < -0.4 is 11.4 Å². The average molecular weight is 560 g/mol. The monoisotopic (exact) mass is 560 g/mol. The van der Waals surface area contributed by atoms with E-state index in [1.807, 2.05) is 34.7 Å². The number of sulfonamides is 1. The van der Waals surface area contributed by atoms with Crippen LogP contribution in [-0.4, -0.2) is 44.8 Å². The Morgan fingerprint density at radius 1 is 1.23 bits per heavy atom. The van der Waals surface area contributed by atoms with E-state index >= 15 is 0 Å². The minimum absolute atomic E-state index is 0.0574. The highest BCUT2D eigenvalue weighted by atomic mass is 127. The summed E-state index contributed by atoms with van der Waals surface area (Å²) >= 11 is 2.02. The van der Waals surface area contributed by atoms with Crippen molar-refractivity contribution in [3.63, 3.8) is 0 Å². The summed E-state index contributed by atoms with van der Waals surface area (Å²) in [5.74, 6) is 0.193. The summed E-state index contributed by atoms with van der Waals surface area (Å²) in [5, 5.41) is 9.52. The average Bonchev–Trinajstić information content (AvgIpc) is 2.70. The first kappa shape index (κ1) is 24.1. The molecule has 1 fully saturated rings. The van der Waals surface area contributed by atoms with Gasteiger partial charge in [0.05, 0.1) is 20.0 Å². The summed E-state index contributed by atoms with van der Waals surface area (Å²) < 4.78 is 29.7. The number of piperidine rings is 1. The number of benzene rings is 1. The molecule has 1 saturated heterocycles. The maximum atomic E-state index is 13.5. The molecule has 1 aromatic carbocycles. The molecule has 8 nitrogen and oxygen atoms in total. The number of aliphatic hydroxyl groups excluding tert-OH is 1.